The van der Waals surface area contributed by atoms with Crippen molar-refractivity contribution in [1.82, 2.24) is 4.98 Å². The number of aromatic nitrogens is 1. The normalized spacial score (nSPS) is 11.2. The van der Waals surface area contributed by atoms with E-state index in [2.05, 4.69) is 15.5 Å². The zero-order valence-electron chi connectivity index (χ0n) is 11.4. The number of nitrogens with one attached hydrogen (secondary N) is 1. The number of methoxy groups -OCH3 is 1. The number of halogens is 1. The summed E-state index contributed by atoms with van der Waals surface area (Å²) in [5.41, 5.74) is 7.69. The number of hydrogen-bond donors (Lipinski definition) is 3. The third-order valence-electron chi connectivity index (χ3n) is 2.88. The summed E-state index contributed by atoms with van der Waals surface area (Å²) in [7, 11) is 1.56. The Morgan fingerprint density at radius 1 is 1.48 bits per heavy atom. The highest BCUT2D eigenvalue weighted by molar-refractivity contribution is 6.32. The molecule has 1 heterocycles. The van der Waals surface area contributed by atoms with Gasteiger partial charge in [-0.1, -0.05) is 22.8 Å². The average molecular weight is 307 g/mol. The maximum Gasteiger partial charge on any atom is 0.189 e. The Kier molecular flexibility index (Phi) is 4.84. The maximum atomic E-state index is 8.77. The molecule has 21 heavy (non-hydrogen) atoms. The predicted molar refractivity (Wildman–Crippen MR) is 82.1 cm³/mol. The molecule has 0 saturated heterocycles. The minimum atomic E-state index is -0.0268. The Labute approximate surface area is 127 Å². The van der Waals surface area contributed by atoms with Crippen molar-refractivity contribution in [2.45, 2.75) is 6.54 Å². The number of rotatable bonds is 5. The molecular weight excluding hydrogens is 292 g/mol. The summed E-state index contributed by atoms with van der Waals surface area (Å²) in [5.74, 6) is 0.561. The van der Waals surface area contributed by atoms with E-state index in [1.165, 1.54) is 0 Å². The number of anilines is 1. The van der Waals surface area contributed by atoms with Crippen LogP contribution in [0.3, 0.4) is 0 Å². The van der Waals surface area contributed by atoms with Gasteiger partial charge in [0.15, 0.2) is 5.84 Å². The van der Waals surface area contributed by atoms with Crippen LogP contribution < -0.4 is 15.8 Å². The fourth-order valence-corrected chi connectivity index (χ4v) is 2.02. The van der Waals surface area contributed by atoms with Crippen LogP contribution in [-0.2, 0) is 6.54 Å². The van der Waals surface area contributed by atoms with Gasteiger partial charge >= 0.3 is 0 Å². The quantitative estimate of drug-likeness (QED) is 0.341. The fourth-order valence-electron chi connectivity index (χ4n) is 1.83. The minimum Gasteiger partial charge on any atom is -0.495 e. The van der Waals surface area contributed by atoms with Crippen LogP contribution in [0.25, 0.3) is 0 Å². The molecule has 4 N–H and O–H groups in total. The Balaban J connectivity index is 2.17. The topological polar surface area (TPSA) is 92.8 Å². The molecule has 0 spiro atoms. The molecule has 0 amide bonds. The molecule has 0 atom stereocenters. The molecule has 0 aliphatic rings. The van der Waals surface area contributed by atoms with Crippen LogP contribution in [0.4, 0.5) is 5.69 Å². The molecule has 0 saturated carbocycles. The summed E-state index contributed by atoms with van der Waals surface area (Å²) in [6, 6.07) is 9.01. The molecular formula is C14H15ClN4O2. The van der Waals surface area contributed by atoms with E-state index in [0.717, 1.165) is 11.3 Å². The van der Waals surface area contributed by atoms with Crippen molar-refractivity contribution in [3.8, 4) is 5.75 Å². The first-order chi connectivity index (χ1) is 10.2. The van der Waals surface area contributed by atoms with Crippen molar-refractivity contribution in [2.75, 3.05) is 12.4 Å². The minimum absolute atomic E-state index is 0.0268. The number of benzene rings is 1. The summed E-state index contributed by atoms with van der Waals surface area (Å²) in [4.78, 5) is 4.11. The van der Waals surface area contributed by atoms with Crippen LogP contribution in [0.5, 0.6) is 5.75 Å². The SMILES string of the molecule is COc1cc(NCc2cccnc2/C(N)=N/O)ccc1Cl. The Morgan fingerprint density at radius 2 is 2.29 bits per heavy atom. The number of amidine groups is 1. The van der Waals surface area contributed by atoms with Crippen LogP contribution in [-0.4, -0.2) is 23.1 Å². The van der Waals surface area contributed by atoms with Crippen molar-refractivity contribution >= 4 is 23.1 Å². The molecule has 6 nitrogen and oxygen atoms in total. The van der Waals surface area contributed by atoms with E-state index >= 15 is 0 Å². The van der Waals surface area contributed by atoms with E-state index in [0.29, 0.717) is 23.0 Å². The average Bonchev–Trinajstić information content (AvgIpc) is 2.53. The van der Waals surface area contributed by atoms with Crippen molar-refractivity contribution in [3.05, 3.63) is 52.8 Å². The van der Waals surface area contributed by atoms with Gasteiger partial charge in [-0.25, -0.2) is 0 Å². The molecule has 2 aromatic rings. The molecule has 0 unspecified atom stereocenters. The maximum absolute atomic E-state index is 8.77. The fraction of sp³-hybridized carbons (Fsp3) is 0.143. The Bertz CT molecular complexity index is 661. The van der Waals surface area contributed by atoms with Crippen LogP contribution in [0.15, 0.2) is 41.7 Å². The number of nitrogens with zero attached hydrogens (tertiary/aromatic N) is 2. The van der Waals surface area contributed by atoms with E-state index in [-0.39, 0.29) is 5.84 Å². The van der Waals surface area contributed by atoms with E-state index < -0.39 is 0 Å². The largest absolute Gasteiger partial charge is 0.495 e. The van der Waals surface area contributed by atoms with Crippen molar-refractivity contribution in [1.29, 1.82) is 0 Å². The third-order valence-corrected chi connectivity index (χ3v) is 3.19. The molecule has 2 rings (SSSR count). The lowest BCUT2D eigenvalue weighted by atomic mass is 10.1. The van der Waals surface area contributed by atoms with Gasteiger partial charge in [0.1, 0.15) is 11.4 Å². The molecule has 110 valence electrons. The van der Waals surface area contributed by atoms with Crippen LogP contribution >= 0.6 is 11.6 Å². The zero-order chi connectivity index (χ0) is 15.2. The van der Waals surface area contributed by atoms with E-state index in [1.54, 1.807) is 31.5 Å². The molecule has 1 aromatic carbocycles. The third kappa shape index (κ3) is 3.55. The highest BCUT2D eigenvalue weighted by atomic mass is 35.5. The number of oxime groups is 1. The smallest absolute Gasteiger partial charge is 0.189 e. The van der Waals surface area contributed by atoms with Gasteiger partial charge in [-0.2, -0.15) is 0 Å². The first-order valence-electron chi connectivity index (χ1n) is 6.15. The van der Waals surface area contributed by atoms with E-state index in [1.807, 2.05) is 12.1 Å². The summed E-state index contributed by atoms with van der Waals surface area (Å²) in [6.45, 7) is 0.462. The molecule has 0 aliphatic heterocycles. The second-order valence-corrected chi connectivity index (χ2v) is 4.61. The van der Waals surface area contributed by atoms with Gasteiger partial charge in [0, 0.05) is 30.1 Å². The summed E-state index contributed by atoms with van der Waals surface area (Å²) < 4.78 is 5.16. The number of nitrogens with two attached hydrogens (primary N) is 1. The first-order valence-corrected chi connectivity index (χ1v) is 6.52. The lowest BCUT2D eigenvalue weighted by Gasteiger charge is -2.11. The first kappa shape index (κ1) is 14.9. The van der Waals surface area contributed by atoms with Crippen LogP contribution in [0, 0.1) is 0 Å². The van der Waals surface area contributed by atoms with E-state index in [9.17, 15) is 0 Å². The lowest BCUT2D eigenvalue weighted by molar-refractivity contribution is 0.318. The molecule has 7 heteroatoms. The highest BCUT2D eigenvalue weighted by Crippen LogP contribution is 2.27. The van der Waals surface area contributed by atoms with Gasteiger partial charge in [-0.3, -0.25) is 4.98 Å². The van der Waals surface area contributed by atoms with Gasteiger partial charge in [0.2, 0.25) is 0 Å². The second-order valence-electron chi connectivity index (χ2n) is 4.20. The summed E-state index contributed by atoms with van der Waals surface area (Å²) >= 11 is 5.98. The summed E-state index contributed by atoms with van der Waals surface area (Å²) in [5, 5.41) is 15.5. The Morgan fingerprint density at radius 3 is 3.00 bits per heavy atom. The molecule has 0 bridgehead atoms. The van der Waals surface area contributed by atoms with Crippen molar-refractivity contribution in [3.63, 3.8) is 0 Å². The zero-order valence-corrected chi connectivity index (χ0v) is 12.1. The van der Waals surface area contributed by atoms with Gasteiger partial charge < -0.3 is 21.0 Å². The summed E-state index contributed by atoms with van der Waals surface area (Å²) in [6.07, 6.45) is 1.59. The standard InChI is InChI=1S/C14H15ClN4O2/c1-21-12-7-10(4-5-11(12)15)18-8-9-3-2-6-17-13(9)14(16)19-20/h2-7,18,20H,8H2,1H3,(H2,16,19). The van der Waals surface area contributed by atoms with Crippen LogP contribution in [0.2, 0.25) is 5.02 Å². The lowest BCUT2D eigenvalue weighted by Crippen LogP contribution is -2.18. The van der Waals surface area contributed by atoms with Gasteiger partial charge in [0.25, 0.3) is 0 Å². The second kappa shape index (κ2) is 6.81. The van der Waals surface area contributed by atoms with Gasteiger partial charge in [0.05, 0.1) is 12.1 Å². The Hall–Kier alpha value is -2.47. The molecule has 1 aromatic heterocycles. The van der Waals surface area contributed by atoms with Crippen LogP contribution in [0.1, 0.15) is 11.3 Å². The van der Waals surface area contributed by atoms with E-state index in [4.69, 9.17) is 27.3 Å². The molecule has 0 aliphatic carbocycles. The molecule has 0 fully saturated rings. The van der Waals surface area contributed by atoms with Crippen molar-refractivity contribution < 1.29 is 9.94 Å². The number of pyridine rings is 1. The van der Waals surface area contributed by atoms with Crippen molar-refractivity contribution in [2.24, 2.45) is 10.9 Å². The monoisotopic (exact) mass is 306 g/mol. The molecule has 0 radical (unpaired) electrons. The number of hydrogen-bond acceptors (Lipinski definition) is 5. The highest BCUT2D eigenvalue weighted by Gasteiger charge is 2.08. The number of ether oxygens (including phenoxy) is 1. The predicted octanol–water partition coefficient (Wildman–Crippen LogP) is 2.45. The van der Waals surface area contributed by atoms with Gasteiger partial charge in [-0.05, 0) is 18.2 Å². The van der Waals surface area contributed by atoms with Gasteiger partial charge in [-0.15, -0.1) is 0 Å².